The van der Waals surface area contributed by atoms with Crippen molar-refractivity contribution in [2.75, 3.05) is 17.2 Å². The Kier molecular flexibility index (Phi) is 4.80. The van der Waals surface area contributed by atoms with E-state index in [1.807, 2.05) is 12.1 Å². The molecule has 0 saturated carbocycles. The number of aromatic nitrogens is 2. The molecule has 0 saturated heterocycles. The molecule has 6 heteroatoms. The third-order valence-corrected chi connectivity index (χ3v) is 4.04. The van der Waals surface area contributed by atoms with Crippen LogP contribution in [0, 0.1) is 0 Å². The van der Waals surface area contributed by atoms with Crippen LogP contribution < -0.4 is 16.0 Å². The molecule has 3 rings (SSSR count). The minimum atomic E-state index is -0.191. The highest BCUT2D eigenvalue weighted by Crippen LogP contribution is 2.23. The summed E-state index contributed by atoms with van der Waals surface area (Å²) >= 11 is 0. The van der Waals surface area contributed by atoms with Gasteiger partial charge in [0.2, 0.25) is 0 Å². The second kappa shape index (κ2) is 7.17. The summed E-state index contributed by atoms with van der Waals surface area (Å²) in [5.41, 5.74) is 2.52. The molecule has 0 bridgehead atoms. The van der Waals surface area contributed by atoms with Crippen LogP contribution in [0.2, 0.25) is 0 Å². The zero-order valence-corrected chi connectivity index (χ0v) is 13.4. The number of hydrogen-bond donors (Lipinski definition) is 3. The number of rotatable bonds is 5. The van der Waals surface area contributed by atoms with Crippen molar-refractivity contribution in [1.82, 2.24) is 15.1 Å². The maximum atomic E-state index is 12.1. The molecule has 1 aromatic carbocycles. The Balaban J connectivity index is 1.49. The smallest absolute Gasteiger partial charge is 0.320 e. The van der Waals surface area contributed by atoms with E-state index in [4.69, 9.17) is 0 Å². The van der Waals surface area contributed by atoms with E-state index in [1.54, 1.807) is 10.9 Å². The maximum absolute atomic E-state index is 12.1. The van der Waals surface area contributed by atoms with Gasteiger partial charge in [0.15, 0.2) is 0 Å². The van der Waals surface area contributed by atoms with Gasteiger partial charge in [0.25, 0.3) is 0 Å². The Hall–Kier alpha value is -2.50. The Labute approximate surface area is 136 Å². The maximum Gasteiger partial charge on any atom is 0.320 e. The number of nitrogens with zero attached hydrogens (tertiary/aromatic N) is 2. The summed E-state index contributed by atoms with van der Waals surface area (Å²) in [6.07, 6.45) is 4.74. The first-order chi connectivity index (χ1) is 11.3. The van der Waals surface area contributed by atoms with E-state index in [0.717, 1.165) is 31.6 Å². The summed E-state index contributed by atoms with van der Waals surface area (Å²) in [5.74, 6) is 0.728. The molecule has 0 fully saturated rings. The summed E-state index contributed by atoms with van der Waals surface area (Å²) in [6.45, 7) is 3.48. The van der Waals surface area contributed by atoms with Crippen molar-refractivity contribution < 1.29 is 4.79 Å². The zero-order chi connectivity index (χ0) is 16.1. The molecular formula is C17H23N5O. The van der Waals surface area contributed by atoms with E-state index in [2.05, 4.69) is 46.2 Å². The van der Waals surface area contributed by atoms with Crippen LogP contribution >= 0.6 is 0 Å². The van der Waals surface area contributed by atoms with Crippen molar-refractivity contribution in [1.29, 1.82) is 0 Å². The van der Waals surface area contributed by atoms with E-state index in [1.165, 1.54) is 11.3 Å². The van der Waals surface area contributed by atoms with Crippen LogP contribution in [0.1, 0.15) is 25.3 Å². The first-order valence-electron chi connectivity index (χ1n) is 8.17. The molecule has 1 aliphatic heterocycles. The Morgan fingerprint density at radius 2 is 2.26 bits per heavy atom. The lowest BCUT2D eigenvalue weighted by molar-refractivity contribution is 0.251. The van der Waals surface area contributed by atoms with Gasteiger partial charge >= 0.3 is 6.03 Å². The van der Waals surface area contributed by atoms with Crippen molar-refractivity contribution in [3.63, 3.8) is 0 Å². The summed E-state index contributed by atoms with van der Waals surface area (Å²) in [6, 6.07) is 10.2. The minimum absolute atomic E-state index is 0.191. The first kappa shape index (κ1) is 15.4. The van der Waals surface area contributed by atoms with E-state index in [-0.39, 0.29) is 12.1 Å². The predicted octanol–water partition coefficient (Wildman–Crippen LogP) is 2.84. The number of benzene rings is 1. The topological polar surface area (TPSA) is 71.0 Å². The lowest BCUT2D eigenvalue weighted by Gasteiger charge is -2.27. The van der Waals surface area contributed by atoms with Gasteiger partial charge in [-0.25, -0.2) is 9.48 Å². The van der Waals surface area contributed by atoms with Gasteiger partial charge in [0.1, 0.15) is 5.82 Å². The SMILES string of the molecule is CCCn1nccc1NC(=O)NC[C@H]1CCc2ccccc2N1. The third-order valence-electron chi connectivity index (χ3n) is 4.04. The molecule has 1 aliphatic rings. The second-order valence-electron chi connectivity index (χ2n) is 5.81. The molecule has 2 amide bonds. The second-order valence-corrected chi connectivity index (χ2v) is 5.81. The number of anilines is 2. The Morgan fingerprint density at radius 1 is 1.39 bits per heavy atom. The van der Waals surface area contributed by atoms with Crippen LogP contribution in [-0.2, 0) is 13.0 Å². The highest BCUT2D eigenvalue weighted by atomic mass is 16.2. The van der Waals surface area contributed by atoms with E-state index < -0.39 is 0 Å². The van der Waals surface area contributed by atoms with E-state index >= 15 is 0 Å². The highest BCUT2D eigenvalue weighted by Gasteiger charge is 2.17. The van der Waals surface area contributed by atoms with Crippen LogP contribution in [0.25, 0.3) is 0 Å². The number of aryl methyl sites for hydroxylation is 2. The highest BCUT2D eigenvalue weighted by molar-refractivity contribution is 5.88. The van der Waals surface area contributed by atoms with E-state index in [9.17, 15) is 4.79 Å². The van der Waals surface area contributed by atoms with Crippen LogP contribution in [0.4, 0.5) is 16.3 Å². The lowest BCUT2D eigenvalue weighted by atomic mass is 9.98. The molecule has 3 N–H and O–H groups in total. The third kappa shape index (κ3) is 3.83. The minimum Gasteiger partial charge on any atom is -0.380 e. The zero-order valence-electron chi connectivity index (χ0n) is 13.4. The van der Waals surface area contributed by atoms with Gasteiger partial charge in [-0.2, -0.15) is 5.10 Å². The van der Waals surface area contributed by atoms with Crippen molar-refractivity contribution >= 4 is 17.5 Å². The number of urea groups is 1. The molecule has 2 aromatic rings. The van der Waals surface area contributed by atoms with Crippen LogP contribution in [0.15, 0.2) is 36.5 Å². The van der Waals surface area contributed by atoms with Gasteiger partial charge in [-0.3, -0.25) is 5.32 Å². The van der Waals surface area contributed by atoms with Gasteiger partial charge in [0, 0.05) is 30.9 Å². The molecule has 0 aliphatic carbocycles. The van der Waals surface area contributed by atoms with Gasteiger partial charge in [-0.1, -0.05) is 25.1 Å². The molecule has 0 spiro atoms. The lowest BCUT2D eigenvalue weighted by Crippen LogP contribution is -2.40. The summed E-state index contributed by atoms with van der Waals surface area (Å²) in [4.78, 5) is 12.1. The number of amides is 2. The van der Waals surface area contributed by atoms with Gasteiger partial charge in [0.05, 0.1) is 6.20 Å². The van der Waals surface area contributed by atoms with Crippen molar-refractivity contribution in [2.45, 2.75) is 38.8 Å². The largest absolute Gasteiger partial charge is 0.380 e. The number of carbonyl (C=O) groups is 1. The van der Waals surface area contributed by atoms with Gasteiger partial charge < -0.3 is 10.6 Å². The number of carbonyl (C=O) groups excluding carboxylic acids is 1. The molecule has 0 radical (unpaired) electrons. The number of para-hydroxylation sites is 1. The molecule has 0 unspecified atom stereocenters. The van der Waals surface area contributed by atoms with Gasteiger partial charge in [-0.05, 0) is 30.9 Å². The van der Waals surface area contributed by atoms with Crippen LogP contribution in [0.3, 0.4) is 0 Å². The standard InChI is InChI=1S/C17H23N5O/c1-2-11-22-16(9-10-19-22)21-17(23)18-12-14-8-7-13-5-3-4-6-15(13)20-14/h3-6,9-10,14,20H,2,7-8,11-12H2,1H3,(H2,18,21,23)/t14-/m1/s1. The van der Waals surface area contributed by atoms with Crippen molar-refractivity contribution in [3.8, 4) is 0 Å². The van der Waals surface area contributed by atoms with Crippen molar-refractivity contribution in [2.24, 2.45) is 0 Å². The molecule has 23 heavy (non-hydrogen) atoms. The van der Waals surface area contributed by atoms with E-state index in [0.29, 0.717) is 6.54 Å². The molecule has 6 nitrogen and oxygen atoms in total. The predicted molar refractivity (Wildman–Crippen MR) is 91.7 cm³/mol. The van der Waals surface area contributed by atoms with Crippen LogP contribution in [0.5, 0.6) is 0 Å². The number of hydrogen-bond acceptors (Lipinski definition) is 3. The molecule has 1 atom stereocenters. The van der Waals surface area contributed by atoms with Gasteiger partial charge in [-0.15, -0.1) is 0 Å². The monoisotopic (exact) mass is 313 g/mol. The van der Waals surface area contributed by atoms with Crippen LogP contribution in [-0.4, -0.2) is 28.4 Å². The fraction of sp³-hybridized carbons (Fsp3) is 0.412. The molecular weight excluding hydrogens is 290 g/mol. The molecule has 122 valence electrons. The number of fused-ring (bicyclic) bond motifs is 1. The number of nitrogens with one attached hydrogen (secondary N) is 3. The summed E-state index contributed by atoms with van der Waals surface area (Å²) in [5, 5.41) is 13.5. The fourth-order valence-corrected chi connectivity index (χ4v) is 2.86. The average Bonchev–Trinajstić information content (AvgIpc) is 3.00. The fourth-order valence-electron chi connectivity index (χ4n) is 2.86. The Morgan fingerprint density at radius 3 is 3.13 bits per heavy atom. The quantitative estimate of drug-likeness (QED) is 0.795. The first-order valence-corrected chi connectivity index (χ1v) is 8.17. The van der Waals surface area contributed by atoms with Crippen molar-refractivity contribution in [3.05, 3.63) is 42.1 Å². The average molecular weight is 313 g/mol. The summed E-state index contributed by atoms with van der Waals surface area (Å²) < 4.78 is 1.80. The normalized spacial score (nSPS) is 16.3. The Bertz CT molecular complexity index is 667. The summed E-state index contributed by atoms with van der Waals surface area (Å²) in [7, 11) is 0. The molecule has 2 heterocycles. The molecule has 1 aromatic heterocycles.